The van der Waals surface area contributed by atoms with E-state index in [2.05, 4.69) is 37.9 Å². The van der Waals surface area contributed by atoms with Gasteiger partial charge in [-0.3, -0.25) is 52.7 Å². The molecule has 0 radical (unpaired) electrons. The molecule has 0 amide bonds. The molecular formula is C82H88F36O28-6. The van der Waals surface area contributed by atoms with E-state index < -0.39 is 269 Å². The summed E-state index contributed by atoms with van der Waals surface area (Å²) in [6.07, 6.45) is -50.5. The second kappa shape index (κ2) is 48.9. The number of carbonyl (C=O) groups is 11. The highest BCUT2D eigenvalue weighted by atomic mass is 19.5. The van der Waals surface area contributed by atoms with Crippen molar-refractivity contribution < 1.29 is 294 Å². The van der Waals surface area contributed by atoms with E-state index in [1.165, 1.54) is 0 Å². The first-order valence-corrected chi connectivity index (χ1v) is 43.6. The zero-order valence-electron chi connectivity index (χ0n) is 74.7. The molecule has 9 saturated carbocycles. The van der Waals surface area contributed by atoms with Gasteiger partial charge in [-0.25, -0.2) is 0 Å². The lowest BCUT2D eigenvalue weighted by atomic mass is 9.49. The van der Waals surface area contributed by atoms with Crippen LogP contribution in [0.5, 0.6) is 0 Å². The number of esters is 11. The molecule has 11 aliphatic rings. The highest BCUT2D eigenvalue weighted by molar-refractivity contribution is 5.85. The van der Waals surface area contributed by atoms with Gasteiger partial charge in [0.05, 0.1) is 35.7 Å². The first kappa shape index (κ1) is 127. The van der Waals surface area contributed by atoms with Gasteiger partial charge in [0.2, 0.25) is 0 Å². The highest BCUT2D eigenvalue weighted by Gasteiger charge is 2.74. The van der Waals surface area contributed by atoms with Crippen LogP contribution in [-0.4, -0.2) is 246 Å². The summed E-state index contributed by atoms with van der Waals surface area (Å²) < 4.78 is 491. The van der Waals surface area contributed by atoms with E-state index in [-0.39, 0.29) is 36.0 Å². The van der Waals surface area contributed by atoms with Gasteiger partial charge in [0.1, 0.15) is 66.1 Å². The molecule has 8 bridgehead atoms. The molecule has 0 aromatic rings. The van der Waals surface area contributed by atoms with Crippen LogP contribution in [-0.2, 0) is 105 Å². The molecule has 9 fully saturated rings. The molecular weight excluding hydrogens is 2120 g/mol. The highest BCUT2D eigenvalue weighted by Crippen LogP contribution is 2.61. The lowest BCUT2D eigenvalue weighted by Gasteiger charge is -2.55. The van der Waals surface area contributed by atoms with Crippen LogP contribution in [0, 0.1) is 76.4 Å². The lowest BCUT2D eigenvalue weighted by Crippen LogP contribution is -2.71. The predicted molar refractivity (Wildman–Crippen MR) is 388 cm³/mol. The van der Waals surface area contributed by atoms with Gasteiger partial charge < -0.3 is 82.7 Å². The molecule has 0 N–H and O–H groups in total. The smallest absolute Gasteiger partial charge is 0.399 e. The van der Waals surface area contributed by atoms with Gasteiger partial charge in [-0.05, 0) is 156 Å². The SMILES string of the molecule is O=C(OCCC1CCCC1)C([O-])(C(F)(F)F)C(F)(F)F.O=C(OCCOC(=O)C([O-])(C(F)(F)F)C(F)(F)F)C12CC3CC(CC(C3)C1)C2.O=C(OCCOC(=O)C([O-])(C(F)(F)F)C(F)(F)F)C1C=CCCC1.O=C(OCCOC(=O)C([O-])(C(F)(F)F)C(F)(F)F)C1CC2C=CC1C2.O=C(OCCOC(=O)C([O-])(C(F)(F)F)C(F)(F)F)C1CC2CCC1C2.O=C(OCCOC(=O)C([O-])(C(F)(F)F)C(F)(F)F)C1CCCCC1. The number of hydrogen-bond acceptors (Lipinski definition) is 28. The van der Waals surface area contributed by atoms with Gasteiger partial charge in [0.25, 0.3) is 0 Å². The van der Waals surface area contributed by atoms with Crippen LogP contribution in [0.4, 0.5) is 158 Å². The van der Waals surface area contributed by atoms with Crippen LogP contribution in [0.1, 0.15) is 161 Å². The Morgan fingerprint density at radius 1 is 0.260 bits per heavy atom. The Bertz CT molecular complexity index is 4310. The normalized spacial score (nSPS) is 23.7. The summed E-state index contributed by atoms with van der Waals surface area (Å²) in [6.45, 7) is -9.67. The summed E-state index contributed by atoms with van der Waals surface area (Å²) >= 11 is 0. The van der Waals surface area contributed by atoms with Gasteiger partial charge >= 0.3 is 140 Å². The molecule has 11 aliphatic carbocycles. The average molecular weight is 2210 g/mol. The van der Waals surface area contributed by atoms with Gasteiger partial charge in [-0.15, -0.1) is 0 Å². The topological polar surface area (TPSA) is 428 Å². The van der Waals surface area contributed by atoms with Crippen molar-refractivity contribution in [3.8, 4) is 0 Å². The Hall–Kier alpha value is -9.11. The number of rotatable bonds is 29. The van der Waals surface area contributed by atoms with Crippen molar-refractivity contribution in [3.63, 3.8) is 0 Å². The van der Waals surface area contributed by atoms with E-state index in [4.69, 9.17) is 14.2 Å². The second-order valence-corrected chi connectivity index (χ2v) is 35.3. The predicted octanol–water partition coefficient (Wildman–Crippen LogP) is 11.6. The number of allylic oxidation sites excluding steroid dienone is 3. The van der Waals surface area contributed by atoms with Crippen molar-refractivity contribution in [1.29, 1.82) is 0 Å². The van der Waals surface area contributed by atoms with Crippen LogP contribution in [0.3, 0.4) is 0 Å². The number of ether oxygens (including phenoxy) is 11. The molecule has 0 spiro atoms. The zero-order valence-corrected chi connectivity index (χ0v) is 74.7. The minimum atomic E-state index is -6.42. The number of alkyl halides is 36. The van der Waals surface area contributed by atoms with Crippen LogP contribution < -0.4 is 30.6 Å². The molecule has 0 heterocycles. The minimum absolute atomic E-state index is 0.00944. The van der Waals surface area contributed by atoms with Gasteiger partial charge in [-0.1, -0.05) is 75.7 Å². The second-order valence-electron chi connectivity index (χ2n) is 35.3. The summed E-state index contributed by atoms with van der Waals surface area (Å²) in [7, 11) is 0. The number of carbonyl (C=O) groups excluding carboxylic acids is 11. The Balaban J connectivity index is 0.000000309. The van der Waals surface area contributed by atoms with Crippen LogP contribution in [0.2, 0.25) is 0 Å². The van der Waals surface area contributed by atoms with Crippen molar-refractivity contribution in [2.75, 3.05) is 72.7 Å². The van der Waals surface area contributed by atoms with E-state index in [0.29, 0.717) is 75.0 Å². The molecule has 0 aliphatic heterocycles. The Labute approximate surface area is 799 Å². The molecule has 842 valence electrons. The van der Waals surface area contributed by atoms with E-state index in [0.717, 1.165) is 103 Å². The molecule has 0 aromatic carbocycles. The van der Waals surface area contributed by atoms with Crippen molar-refractivity contribution in [1.82, 2.24) is 0 Å². The fourth-order valence-corrected chi connectivity index (χ4v) is 17.8. The summed E-state index contributed by atoms with van der Waals surface area (Å²) in [5, 5.41) is 66.2. The maximum Gasteiger partial charge on any atom is 0.399 e. The maximum absolute atomic E-state index is 12.5. The first-order chi connectivity index (χ1) is 66.4. The number of fused-ring (bicyclic) bond motifs is 4. The monoisotopic (exact) mass is 2200 g/mol. The quantitative estimate of drug-likeness (QED) is 0.0221. The summed E-state index contributed by atoms with van der Waals surface area (Å²) in [6, 6.07) is 0. The number of halogens is 36. The summed E-state index contributed by atoms with van der Waals surface area (Å²) in [5.74, 6) is -20.8. The maximum atomic E-state index is 12.5. The molecule has 0 saturated heterocycles. The third-order valence-electron chi connectivity index (χ3n) is 25.1. The van der Waals surface area contributed by atoms with Crippen molar-refractivity contribution in [3.05, 3.63) is 24.3 Å². The Kier molecular flexibility index (Phi) is 42.6. The molecule has 11 rings (SSSR count). The molecule has 146 heavy (non-hydrogen) atoms. The number of hydrogen-bond donors (Lipinski definition) is 0. The van der Waals surface area contributed by atoms with Crippen molar-refractivity contribution in [2.45, 2.75) is 268 Å². The standard InChI is InChI=1S/C17H19F6O5.C14H15F6O5.C14H13F6O5.C13H15F6O5.C13H13F6O5.C11H13F6O3/c18-16(19,20)15(26,17(21,22)23)13(25)28-2-1-27-12(24)14-6-9-3-10(7-14)5-11(4-9)8-14;2*15-13(16,17)12(23,14(18,19)20)11(22)25-4-3-24-10(21)9-6-7-1-2-8(9)5-7;2*14-12(15,16)11(22,13(17,18)19)10(21)24-7-6-23-9(20)8-4-2-1-3-5-8;12-10(13,14)9(19,11(15,16)17)8(18)20-6-5-7-3-1-2-4-7/h9-11H,1-8H2;7-9H,1-6H2;1-2,7-9H,3-6H2;8H,1-7H2;2,4,8H,1,3,5-7H2;7H,1-6H2/q6*-1. The fourth-order valence-electron chi connectivity index (χ4n) is 17.8. The molecule has 28 nitrogen and oxygen atoms in total. The summed E-state index contributed by atoms with van der Waals surface area (Å²) in [5.41, 5.74) is -35.8. The van der Waals surface area contributed by atoms with Crippen molar-refractivity contribution in [2.24, 2.45) is 76.4 Å². The average Bonchev–Trinajstić information content (AvgIpc) is 0.838. The third kappa shape index (κ3) is 30.4. The Morgan fingerprint density at radius 2 is 0.555 bits per heavy atom. The Morgan fingerprint density at radius 3 is 0.836 bits per heavy atom. The minimum Gasteiger partial charge on any atom is -0.828 e. The van der Waals surface area contributed by atoms with Crippen LogP contribution in [0.15, 0.2) is 24.3 Å². The van der Waals surface area contributed by atoms with E-state index in [9.17, 15) is 241 Å². The fraction of sp³-hybridized carbons (Fsp3) is 0.817. The first-order valence-electron chi connectivity index (χ1n) is 43.6. The van der Waals surface area contributed by atoms with Crippen LogP contribution in [0.25, 0.3) is 0 Å². The lowest BCUT2D eigenvalue weighted by molar-refractivity contribution is -0.574. The molecule has 7 atom stereocenters. The van der Waals surface area contributed by atoms with Gasteiger partial charge in [-0.2, -0.15) is 158 Å². The summed E-state index contributed by atoms with van der Waals surface area (Å²) in [4.78, 5) is 125. The zero-order chi connectivity index (χ0) is 112. The van der Waals surface area contributed by atoms with Gasteiger partial charge in [0, 0.05) is 0 Å². The van der Waals surface area contributed by atoms with Gasteiger partial charge in [0.15, 0.2) is 33.6 Å². The largest absolute Gasteiger partial charge is 0.828 e. The molecule has 0 aromatic heterocycles. The molecule has 64 heteroatoms. The van der Waals surface area contributed by atoms with Crippen molar-refractivity contribution >= 4 is 65.7 Å². The van der Waals surface area contributed by atoms with E-state index >= 15 is 0 Å². The van der Waals surface area contributed by atoms with Crippen LogP contribution >= 0.6 is 0 Å². The third-order valence-corrected chi connectivity index (χ3v) is 25.1. The van der Waals surface area contributed by atoms with E-state index in [1.54, 1.807) is 12.2 Å². The molecule has 7 unspecified atom stereocenters. The van der Waals surface area contributed by atoms with E-state index in [1.807, 2.05) is 12.2 Å².